The van der Waals surface area contributed by atoms with Gasteiger partial charge >= 0.3 is 5.97 Å². The van der Waals surface area contributed by atoms with E-state index in [0.717, 1.165) is 0 Å². The van der Waals surface area contributed by atoms with Crippen LogP contribution in [0.3, 0.4) is 0 Å². The van der Waals surface area contributed by atoms with Crippen LogP contribution in [0.4, 0.5) is 5.82 Å². The predicted octanol–water partition coefficient (Wildman–Crippen LogP) is 2.80. The fraction of sp³-hybridized carbons (Fsp3) is 0. The minimum Gasteiger partial charge on any atom is -0.508 e. The van der Waals surface area contributed by atoms with E-state index in [1.54, 1.807) is 24.3 Å². The van der Waals surface area contributed by atoms with Crippen molar-refractivity contribution in [2.75, 3.05) is 5.73 Å². The van der Waals surface area contributed by atoms with Crippen molar-refractivity contribution < 1.29 is 15.0 Å². The molecule has 3 rings (SSSR count). The number of aromatic nitrogens is 2. The minimum absolute atomic E-state index is 0.144. The average Bonchev–Trinajstić information content (AvgIpc) is 2.56. The maximum absolute atomic E-state index is 11.1. The minimum atomic E-state index is -1.01. The lowest BCUT2D eigenvalue weighted by molar-refractivity contribution is 0.0697. The van der Waals surface area contributed by atoms with Crippen molar-refractivity contribution in [3.8, 4) is 28.3 Å². The van der Waals surface area contributed by atoms with E-state index in [0.29, 0.717) is 22.5 Å². The smallest absolute Gasteiger partial charge is 0.335 e. The van der Waals surface area contributed by atoms with Crippen molar-refractivity contribution in [1.82, 2.24) is 9.97 Å². The van der Waals surface area contributed by atoms with Gasteiger partial charge in [0.1, 0.15) is 17.3 Å². The number of carbonyl (C=O) groups is 1. The maximum Gasteiger partial charge on any atom is 0.335 e. The zero-order valence-corrected chi connectivity index (χ0v) is 12.0. The van der Waals surface area contributed by atoms with Crippen LogP contribution < -0.4 is 5.73 Å². The number of anilines is 1. The van der Waals surface area contributed by atoms with E-state index in [4.69, 9.17) is 10.8 Å². The van der Waals surface area contributed by atoms with Gasteiger partial charge in [-0.15, -0.1) is 0 Å². The van der Waals surface area contributed by atoms with Gasteiger partial charge in [-0.25, -0.2) is 14.8 Å². The molecule has 0 fully saturated rings. The summed E-state index contributed by atoms with van der Waals surface area (Å²) in [6, 6.07) is 12.9. The summed E-state index contributed by atoms with van der Waals surface area (Å²) in [4.78, 5) is 19.7. The molecule has 1 heterocycles. The third kappa shape index (κ3) is 2.96. The summed E-state index contributed by atoms with van der Waals surface area (Å²) in [5.74, 6) is -0.603. The zero-order chi connectivity index (χ0) is 16.4. The highest BCUT2D eigenvalue weighted by molar-refractivity contribution is 5.89. The monoisotopic (exact) mass is 307 g/mol. The van der Waals surface area contributed by atoms with Crippen molar-refractivity contribution in [3.63, 3.8) is 0 Å². The zero-order valence-electron chi connectivity index (χ0n) is 12.0. The Labute approximate surface area is 131 Å². The summed E-state index contributed by atoms with van der Waals surface area (Å²) in [5.41, 5.74) is 8.40. The molecule has 0 unspecified atom stereocenters. The first kappa shape index (κ1) is 14.5. The van der Waals surface area contributed by atoms with E-state index < -0.39 is 5.97 Å². The number of carboxylic acids is 1. The van der Waals surface area contributed by atoms with Gasteiger partial charge in [0.25, 0.3) is 0 Å². The molecule has 3 aromatic rings. The molecule has 0 saturated heterocycles. The van der Waals surface area contributed by atoms with E-state index in [9.17, 15) is 9.90 Å². The summed E-state index contributed by atoms with van der Waals surface area (Å²) in [6.45, 7) is 0. The fourth-order valence-corrected chi connectivity index (χ4v) is 2.18. The maximum atomic E-state index is 11.1. The van der Waals surface area contributed by atoms with Crippen LogP contribution >= 0.6 is 0 Å². The van der Waals surface area contributed by atoms with Gasteiger partial charge < -0.3 is 15.9 Å². The quantitative estimate of drug-likeness (QED) is 0.686. The van der Waals surface area contributed by atoms with Crippen LogP contribution in [0.15, 0.2) is 54.7 Å². The second-order valence-corrected chi connectivity index (χ2v) is 4.92. The molecular formula is C17H13N3O3. The first-order valence-corrected chi connectivity index (χ1v) is 6.80. The Kier molecular flexibility index (Phi) is 3.64. The Hall–Kier alpha value is -3.41. The normalized spacial score (nSPS) is 10.4. The van der Waals surface area contributed by atoms with E-state index >= 15 is 0 Å². The number of carboxylic acid groups (broad SMARTS) is 1. The number of phenols is 1. The molecule has 2 aromatic carbocycles. The molecule has 0 amide bonds. The average molecular weight is 307 g/mol. The molecule has 0 aliphatic rings. The van der Waals surface area contributed by atoms with E-state index in [2.05, 4.69) is 9.97 Å². The highest BCUT2D eigenvalue weighted by atomic mass is 16.4. The van der Waals surface area contributed by atoms with Crippen LogP contribution in [0.2, 0.25) is 0 Å². The van der Waals surface area contributed by atoms with Crippen molar-refractivity contribution in [2.24, 2.45) is 0 Å². The topological polar surface area (TPSA) is 109 Å². The molecule has 6 nitrogen and oxygen atoms in total. The predicted molar refractivity (Wildman–Crippen MR) is 85.9 cm³/mol. The molecule has 114 valence electrons. The molecule has 0 radical (unpaired) electrons. The van der Waals surface area contributed by atoms with E-state index in [1.807, 2.05) is 0 Å². The number of aromatic carboxylic acids is 1. The molecule has 0 aliphatic heterocycles. The number of nitrogens with zero attached hydrogens (tertiary/aromatic N) is 2. The highest BCUT2D eigenvalue weighted by Crippen LogP contribution is 2.27. The largest absolute Gasteiger partial charge is 0.508 e. The Balaban J connectivity index is 2.08. The van der Waals surface area contributed by atoms with Gasteiger partial charge in [0.15, 0.2) is 0 Å². The number of aromatic hydroxyl groups is 1. The second kappa shape index (κ2) is 5.76. The van der Waals surface area contributed by atoms with Crippen LogP contribution in [-0.2, 0) is 0 Å². The number of phenolic OH excluding ortho intramolecular Hbond substituents is 1. The first-order valence-electron chi connectivity index (χ1n) is 6.80. The SMILES string of the molecule is Nc1ncc(-c2cccc(C(=O)O)c2)nc1-c1ccc(O)cc1. The van der Waals surface area contributed by atoms with Gasteiger partial charge in [0.05, 0.1) is 17.5 Å². The van der Waals surface area contributed by atoms with Crippen LogP contribution in [0.1, 0.15) is 10.4 Å². The lowest BCUT2D eigenvalue weighted by Crippen LogP contribution is -2.00. The lowest BCUT2D eigenvalue weighted by Gasteiger charge is -2.08. The standard InChI is InChI=1S/C17H13N3O3/c18-16-15(10-4-6-13(21)7-5-10)20-14(9-19-16)11-2-1-3-12(8-11)17(22)23/h1-9,21H,(H2,18,19)(H,22,23). The molecule has 4 N–H and O–H groups in total. The van der Waals surface area contributed by atoms with Gasteiger partial charge in [-0.1, -0.05) is 12.1 Å². The lowest BCUT2D eigenvalue weighted by atomic mass is 10.1. The third-order valence-electron chi connectivity index (χ3n) is 3.35. The summed E-state index contributed by atoms with van der Waals surface area (Å²) < 4.78 is 0. The van der Waals surface area contributed by atoms with Crippen molar-refractivity contribution >= 4 is 11.8 Å². The van der Waals surface area contributed by atoms with Crippen molar-refractivity contribution in [2.45, 2.75) is 0 Å². The molecule has 1 aromatic heterocycles. The molecule has 0 saturated carbocycles. The van der Waals surface area contributed by atoms with Gasteiger partial charge in [-0.2, -0.15) is 0 Å². The van der Waals surface area contributed by atoms with Crippen LogP contribution in [0.5, 0.6) is 5.75 Å². The van der Waals surface area contributed by atoms with Crippen LogP contribution in [-0.4, -0.2) is 26.2 Å². The summed E-state index contributed by atoms with van der Waals surface area (Å²) in [5, 5.41) is 18.4. The molecule has 6 heteroatoms. The summed E-state index contributed by atoms with van der Waals surface area (Å²) in [6.07, 6.45) is 1.50. The number of rotatable bonds is 3. The fourth-order valence-electron chi connectivity index (χ4n) is 2.18. The number of nitrogens with two attached hydrogens (primary N) is 1. The Morgan fingerprint density at radius 1 is 1.04 bits per heavy atom. The third-order valence-corrected chi connectivity index (χ3v) is 3.35. The summed E-state index contributed by atoms with van der Waals surface area (Å²) >= 11 is 0. The van der Waals surface area contributed by atoms with Crippen molar-refractivity contribution in [3.05, 3.63) is 60.3 Å². The molecular weight excluding hydrogens is 294 g/mol. The van der Waals surface area contributed by atoms with Crippen LogP contribution in [0.25, 0.3) is 22.5 Å². The second-order valence-electron chi connectivity index (χ2n) is 4.92. The number of hydrogen-bond donors (Lipinski definition) is 3. The van der Waals surface area contributed by atoms with Gasteiger partial charge in [-0.3, -0.25) is 0 Å². The number of nitrogen functional groups attached to an aromatic ring is 1. The Morgan fingerprint density at radius 2 is 1.78 bits per heavy atom. The molecule has 0 spiro atoms. The van der Waals surface area contributed by atoms with Crippen LogP contribution in [0, 0.1) is 0 Å². The van der Waals surface area contributed by atoms with Gasteiger partial charge in [0.2, 0.25) is 0 Å². The summed E-state index contributed by atoms with van der Waals surface area (Å²) in [7, 11) is 0. The molecule has 0 aliphatic carbocycles. The molecule has 0 atom stereocenters. The van der Waals surface area contributed by atoms with E-state index in [1.165, 1.54) is 30.5 Å². The molecule has 23 heavy (non-hydrogen) atoms. The van der Waals surface area contributed by atoms with Crippen molar-refractivity contribution in [1.29, 1.82) is 0 Å². The van der Waals surface area contributed by atoms with E-state index in [-0.39, 0.29) is 17.1 Å². The molecule has 0 bridgehead atoms. The Bertz CT molecular complexity index is 877. The highest BCUT2D eigenvalue weighted by Gasteiger charge is 2.11. The number of hydrogen-bond acceptors (Lipinski definition) is 5. The number of benzene rings is 2. The Morgan fingerprint density at radius 3 is 2.48 bits per heavy atom. The van der Waals surface area contributed by atoms with Gasteiger partial charge in [0, 0.05) is 11.1 Å². The van der Waals surface area contributed by atoms with Gasteiger partial charge in [-0.05, 0) is 36.4 Å². The first-order chi connectivity index (χ1) is 11.0.